The lowest BCUT2D eigenvalue weighted by Gasteiger charge is -2.23. The summed E-state index contributed by atoms with van der Waals surface area (Å²) in [7, 11) is 0. The van der Waals surface area contributed by atoms with E-state index in [9.17, 15) is 9.59 Å². The zero-order valence-electron chi connectivity index (χ0n) is 18.4. The van der Waals surface area contributed by atoms with Crippen LogP contribution >= 0.6 is 0 Å². The van der Waals surface area contributed by atoms with Crippen LogP contribution in [-0.2, 0) is 27.2 Å². The minimum absolute atomic E-state index is 0.0366. The number of hydrogen-bond acceptors (Lipinski definition) is 3. The Hall–Kier alpha value is -3.38. The summed E-state index contributed by atoms with van der Waals surface area (Å²) in [5.74, 6) is -0.951. The van der Waals surface area contributed by atoms with Gasteiger partial charge in [-0.3, -0.25) is 9.59 Å². The molecule has 33 heavy (non-hydrogen) atoms. The second-order valence-electron chi connectivity index (χ2n) is 9.30. The van der Waals surface area contributed by atoms with Crippen molar-refractivity contribution in [2.24, 2.45) is 11.8 Å². The molecule has 2 N–H and O–H groups in total. The van der Waals surface area contributed by atoms with Crippen LogP contribution in [0.15, 0.2) is 72.9 Å². The molecule has 4 atom stereocenters. The first-order chi connectivity index (χ1) is 16.1. The molecule has 6 rings (SSSR count). The molecule has 2 bridgehead atoms. The van der Waals surface area contributed by atoms with Crippen LogP contribution in [-0.4, -0.2) is 53.0 Å². The van der Waals surface area contributed by atoms with Crippen molar-refractivity contribution in [1.29, 1.82) is 0 Å². The van der Waals surface area contributed by atoms with Gasteiger partial charge in [0.15, 0.2) is 0 Å². The number of carbonyl (C=O) groups is 2. The largest absolute Gasteiger partial charge is 0.361 e. The lowest BCUT2D eigenvalue weighted by Crippen LogP contribution is -2.44. The average molecular weight is 442 g/mol. The summed E-state index contributed by atoms with van der Waals surface area (Å²) in [5.41, 5.74) is 2.82. The number of amides is 2. The van der Waals surface area contributed by atoms with Gasteiger partial charge in [0.1, 0.15) is 5.60 Å². The van der Waals surface area contributed by atoms with Crippen LogP contribution in [0.2, 0.25) is 0 Å². The van der Waals surface area contributed by atoms with Crippen molar-refractivity contribution in [2.75, 3.05) is 19.6 Å². The van der Waals surface area contributed by atoms with Crippen molar-refractivity contribution in [3.8, 4) is 0 Å². The Morgan fingerprint density at radius 2 is 1.94 bits per heavy atom. The van der Waals surface area contributed by atoms with Gasteiger partial charge in [0.2, 0.25) is 11.8 Å². The summed E-state index contributed by atoms with van der Waals surface area (Å²) >= 11 is 0. The topological polar surface area (TPSA) is 74.4 Å². The van der Waals surface area contributed by atoms with Crippen LogP contribution in [0.5, 0.6) is 0 Å². The van der Waals surface area contributed by atoms with E-state index in [4.69, 9.17) is 4.74 Å². The number of hydrogen-bond donors (Lipinski definition) is 2. The summed E-state index contributed by atoms with van der Waals surface area (Å²) < 4.78 is 6.24. The molecule has 168 valence electrons. The first-order valence-corrected chi connectivity index (χ1v) is 11.7. The first kappa shape index (κ1) is 20.2. The number of carbonyl (C=O) groups excluding carboxylic acids is 2. The predicted molar refractivity (Wildman–Crippen MR) is 125 cm³/mol. The second-order valence-corrected chi connectivity index (χ2v) is 9.30. The van der Waals surface area contributed by atoms with Crippen molar-refractivity contribution >= 4 is 22.7 Å². The Balaban J connectivity index is 1.11. The molecular weight excluding hydrogens is 414 g/mol. The van der Waals surface area contributed by atoms with Gasteiger partial charge in [-0.25, -0.2) is 0 Å². The zero-order valence-corrected chi connectivity index (χ0v) is 18.4. The summed E-state index contributed by atoms with van der Waals surface area (Å²) in [6.45, 7) is 1.69. The van der Waals surface area contributed by atoms with E-state index < -0.39 is 17.4 Å². The number of benzene rings is 2. The molecule has 0 aliphatic carbocycles. The summed E-state index contributed by atoms with van der Waals surface area (Å²) in [5, 5.41) is 4.26. The number of likely N-dealkylation sites (tertiary alicyclic amines) is 1. The summed E-state index contributed by atoms with van der Waals surface area (Å²) in [6, 6.07) is 18.3. The normalized spacial score (nSPS) is 27.5. The number of ether oxygens (including phenoxy) is 1. The Morgan fingerprint density at radius 3 is 2.82 bits per heavy atom. The molecule has 2 amide bonds. The molecule has 3 aromatic rings. The number of H-pyrrole nitrogens is 1. The van der Waals surface area contributed by atoms with Gasteiger partial charge in [-0.2, -0.15) is 0 Å². The maximum Gasteiger partial charge on any atom is 0.230 e. The maximum absolute atomic E-state index is 13.3. The number of rotatable bonds is 7. The fourth-order valence-electron chi connectivity index (χ4n) is 5.75. The van der Waals surface area contributed by atoms with Gasteiger partial charge < -0.3 is 19.9 Å². The molecule has 6 heteroatoms. The van der Waals surface area contributed by atoms with Crippen LogP contribution in [0, 0.1) is 11.8 Å². The standard InChI is InChI=1S/C27H27N3O3/c31-25(28-14-11-19-16-29-21-9-5-4-8-20(19)21)23-22-10-13-27(33-22)17-30(26(32)24(23)27)15-12-18-6-2-1-3-7-18/h1-10,13,16,22-24,29H,11-12,14-15,17H2,(H,28,31)/t22-,23+,24-,27-/m1/s1. The lowest BCUT2D eigenvalue weighted by molar-refractivity contribution is -0.137. The zero-order chi connectivity index (χ0) is 22.4. The molecule has 2 fully saturated rings. The number of aromatic nitrogens is 1. The Labute approximate surface area is 192 Å². The van der Waals surface area contributed by atoms with Gasteiger partial charge in [0.05, 0.1) is 24.5 Å². The van der Waals surface area contributed by atoms with Crippen molar-refractivity contribution in [2.45, 2.75) is 24.5 Å². The van der Waals surface area contributed by atoms with E-state index in [0.29, 0.717) is 19.6 Å². The molecule has 0 unspecified atom stereocenters. The van der Waals surface area contributed by atoms with Gasteiger partial charge >= 0.3 is 0 Å². The molecule has 4 heterocycles. The van der Waals surface area contributed by atoms with Crippen LogP contribution < -0.4 is 5.32 Å². The highest BCUT2D eigenvalue weighted by molar-refractivity contribution is 5.93. The molecular formula is C27H27N3O3. The SMILES string of the molecule is O=C(NCCc1c[nH]c2ccccc12)[C@H]1[C@H]2C=C[C@]3(CN(CCc4ccccc4)C(=O)[C@@H]13)O2. The van der Waals surface area contributed by atoms with E-state index in [1.807, 2.05) is 59.6 Å². The van der Waals surface area contributed by atoms with Gasteiger partial charge in [-0.1, -0.05) is 60.7 Å². The fraction of sp³-hybridized carbons (Fsp3) is 0.333. The van der Waals surface area contributed by atoms with Crippen molar-refractivity contribution in [1.82, 2.24) is 15.2 Å². The monoisotopic (exact) mass is 441 g/mol. The Morgan fingerprint density at radius 1 is 1.12 bits per heavy atom. The average Bonchev–Trinajstić information content (AvgIpc) is 3.58. The van der Waals surface area contributed by atoms with E-state index in [1.165, 1.54) is 16.5 Å². The Bertz CT molecular complexity index is 1230. The third kappa shape index (κ3) is 3.37. The van der Waals surface area contributed by atoms with E-state index in [-0.39, 0.29) is 17.9 Å². The number of para-hydroxylation sites is 1. The van der Waals surface area contributed by atoms with Crippen molar-refractivity contribution < 1.29 is 14.3 Å². The van der Waals surface area contributed by atoms with E-state index in [0.717, 1.165) is 18.4 Å². The fourth-order valence-corrected chi connectivity index (χ4v) is 5.75. The molecule has 3 aliphatic rings. The van der Waals surface area contributed by atoms with Crippen molar-refractivity contribution in [3.05, 3.63) is 84.1 Å². The molecule has 3 aliphatic heterocycles. The molecule has 2 aromatic carbocycles. The van der Waals surface area contributed by atoms with Crippen LogP contribution in [0.4, 0.5) is 0 Å². The predicted octanol–water partition coefficient (Wildman–Crippen LogP) is 2.85. The minimum Gasteiger partial charge on any atom is -0.361 e. The van der Waals surface area contributed by atoms with Gasteiger partial charge in [0, 0.05) is 30.2 Å². The third-order valence-corrected chi connectivity index (χ3v) is 7.36. The number of nitrogens with one attached hydrogen (secondary N) is 2. The molecule has 0 saturated carbocycles. The highest BCUT2D eigenvalue weighted by Gasteiger charge is 2.66. The minimum atomic E-state index is -0.655. The highest BCUT2D eigenvalue weighted by Crippen LogP contribution is 2.51. The molecule has 2 saturated heterocycles. The highest BCUT2D eigenvalue weighted by atomic mass is 16.5. The number of nitrogens with zero attached hydrogens (tertiary/aromatic N) is 1. The Kier molecular flexibility index (Phi) is 4.84. The summed E-state index contributed by atoms with van der Waals surface area (Å²) in [6.07, 6.45) is 7.19. The van der Waals surface area contributed by atoms with E-state index in [1.54, 1.807) is 0 Å². The second kappa shape index (κ2) is 7.89. The number of fused-ring (bicyclic) bond motifs is 2. The van der Waals surface area contributed by atoms with E-state index in [2.05, 4.69) is 28.5 Å². The quantitative estimate of drug-likeness (QED) is 0.554. The molecule has 6 nitrogen and oxygen atoms in total. The van der Waals surface area contributed by atoms with Crippen LogP contribution in [0.3, 0.4) is 0 Å². The lowest BCUT2D eigenvalue weighted by atomic mass is 9.77. The van der Waals surface area contributed by atoms with Crippen LogP contribution in [0.1, 0.15) is 11.1 Å². The van der Waals surface area contributed by atoms with E-state index >= 15 is 0 Å². The molecule has 0 radical (unpaired) electrons. The molecule has 1 aromatic heterocycles. The van der Waals surface area contributed by atoms with Crippen molar-refractivity contribution in [3.63, 3.8) is 0 Å². The van der Waals surface area contributed by atoms with Gasteiger partial charge in [-0.15, -0.1) is 0 Å². The third-order valence-electron chi connectivity index (χ3n) is 7.36. The molecule has 1 spiro atoms. The maximum atomic E-state index is 13.3. The van der Waals surface area contributed by atoms with Crippen LogP contribution in [0.25, 0.3) is 10.9 Å². The summed E-state index contributed by atoms with van der Waals surface area (Å²) in [4.78, 5) is 31.7. The van der Waals surface area contributed by atoms with Gasteiger partial charge in [-0.05, 0) is 30.0 Å². The smallest absolute Gasteiger partial charge is 0.230 e. The first-order valence-electron chi connectivity index (χ1n) is 11.7. The van der Waals surface area contributed by atoms with Gasteiger partial charge in [0.25, 0.3) is 0 Å². The number of aromatic amines is 1.